The summed E-state index contributed by atoms with van der Waals surface area (Å²) in [7, 11) is 1.62. The highest BCUT2D eigenvalue weighted by Gasteiger charge is 2.24. The number of piperidine rings is 1. The molecule has 0 atom stereocenters. The van der Waals surface area contributed by atoms with Crippen LogP contribution in [0.15, 0.2) is 24.3 Å². The van der Waals surface area contributed by atoms with Gasteiger partial charge in [-0.15, -0.1) is 0 Å². The predicted molar refractivity (Wildman–Crippen MR) is 95.9 cm³/mol. The number of likely N-dealkylation sites (tertiary alicyclic amines) is 1. The van der Waals surface area contributed by atoms with Crippen molar-refractivity contribution in [2.75, 3.05) is 38.7 Å². The molecule has 0 radical (unpaired) electrons. The Hall–Kier alpha value is -2.44. The lowest BCUT2D eigenvalue weighted by Crippen LogP contribution is -2.46. The lowest BCUT2D eigenvalue weighted by atomic mass is 10.1. The number of hydrogen-bond acceptors (Lipinski definition) is 5. The standard InChI is InChI=1S/C18H27N3O4/c1-3-25-18(23)21-11-8-14(9-12-21)20-17(22)7-10-19-15-5-4-6-16(13-15)24-2/h4-6,13-14,19H,3,7-12H2,1-2H3,(H,20,22). The molecule has 0 spiro atoms. The first-order valence-corrected chi connectivity index (χ1v) is 8.71. The molecule has 1 aromatic carbocycles. The topological polar surface area (TPSA) is 79.9 Å². The van der Waals surface area contributed by atoms with E-state index in [9.17, 15) is 9.59 Å². The van der Waals surface area contributed by atoms with Crippen LogP contribution in [0, 0.1) is 0 Å². The highest BCUT2D eigenvalue weighted by atomic mass is 16.6. The average molecular weight is 349 g/mol. The summed E-state index contributed by atoms with van der Waals surface area (Å²) in [5.41, 5.74) is 0.926. The van der Waals surface area contributed by atoms with Gasteiger partial charge in [0.25, 0.3) is 0 Å². The second-order valence-corrected chi connectivity index (χ2v) is 5.94. The summed E-state index contributed by atoms with van der Waals surface area (Å²) in [6.45, 7) is 3.97. The van der Waals surface area contributed by atoms with Crippen molar-refractivity contribution in [1.82, 2.24) is 10.2 Å². The second-order valence-electron chi connectivity index (χ2n) is 5.94. The third-order valence-corrected chi connectivity index (χ3v) is 4.14. The smallest absolute Gasteiger partial charge is 0.409 e. The molecule has 1 aromatic rings. The molecule has 1 aliphatic heterocycles. The van der Waals surface area contributed by atoms with Crippen LogP contribution in [0.25, 0.3) is 0 Å². The van der Waals surface area contributed by atoms with Gasteiger partial charge in [0.2, 0.25) is 5.91 Å². The maximum absolute atomic E-state index is 12.1. The molecular formula is C18H27N3O4. The molecule has 2 N–H and O–H groups in total. The van der Waals surface area contributed by atoms with Gasteiger partial charge >= 0.3 is 6.09 Å². The number of methoxy groups -OCH3 is 1. The predicted octanol–water partition coefficient (Wildman–Crippen LogP) is 2.23. The number of rotatable bonds is 7. The number of nitrogens with zero attached hydrogens (tertiary/aromatic N) is 1. The van der Waals surface area contributed by atoms with Crippen LogP contribution in [-0.2, 0) is 9.53 Å². The van der Waals surface area contributed by atoms with Crippen LogP contribution in [-0.4, -0.2) is 56.3 Å². The number of carbonyl (C=O) groups excluding carboxylic acids is 2. The third kappa shape index (κ3) is 6.17. The van der Waals surface area contributed by atoms with Crippen molar-refractivity contribution in [3.63, 3.8) is 0 Å². The maximum atomic E-state index is 12.1. The summed E-state index contributed by atoms with van der Waals surface area (Å²) in [5, 5.41) is 6.25. The lowest BCUT2D eigenvalue weighted by molar-refractivity contribution is -0.121. The fraction of sp³-hybridized carbons (Fsp3) is 0.556. The van der Waals surface area contributed by atoms with Gasteiger partial charge < -0.3 is 25.0 Å². The molecule has 2 amide bonds. The molecule has 0 unspecified atom stereocenters. The van der Waals surface area contributed by atoms with Gasteiger partial charge in [0.05, 0.1) is 13.7 Å². The molecule has 7 heteroatoms. The third-order valence-electron chi connectivity index (χ3n) is 4.14. The van der Waals surface area contributed by atoms with Crippen LogP contribution in [0.1, 0.15) is 26.2 Å². The minimum atomic E-state index is -0.269. The summed E-state index contributed by atoms with van der Waals surface area (Å²) in [5.74, 6) is 0.799. The number of ether oxygens (including phenoxy) is 2. The lowest BCUT2D eigenvalue weighted by Gasteiger charge is -2.31. The van der Waals surface area contributed by atoms with Crippen molar-refractivity contribution >= 4 is 17.7 Å². The zero-order valence-corrected chi connectivity index (χ0v) is 14.9. The Morgan fingerprint density at radius 2 is 2.04 bits per heavy atom. The van der Waals surface area contributed by atoms with E-state index in [1.165, 1.54) is 0 Å². The number of benzene rings is 1. The summed E-state index contributed by atoms with van der Waals surface area (Å²) in [6.07, 6.45) is 1.64. The van der Waals surface area contributed by atoms with Gasteiger partial charge in [-0.2, -0.15) is 0 Å². The first-order valence-electron chi connectivity index (χ1n) is 8.71. The first-order chi connectivity index (χ1) is 12.1. The van der Waals surface area contributed by atoms with Gasteiger partial charge in [-0.25, -0.2) is 4.79 Å². The highest BCUT2D eigenvalue weighted by molar-refractivity contribution is 5.77. The average Bonchev–Trinajstić information content (AvgIpc) is 2.62. The van der Waals surface area contributed by atoms with E-state index in [-0.39, 0.29) is 18.0 Å². The van der Waals surface area contributed by atoms with E-state index in [0.29, 0.717) is 32.7 Å². The Bertz CT molecular complexity index is 571. The Kier molecular flexibility index (Phi) is 7.37. The Balaban J connectivity index is 1.65. The van der Waals surface area contributed by atoms with Crippen LogP contribution in [0.2, 0.25) is 0 Å². The zero-order valence-electron chi connectivity index (χ0n) is 14.9. The highest BCUT2D eigenvalue weighted by Crippen LogP contribution is 2.16. The van der Waals surface area contributed by atoms with Crippen LogP contribution in [0.3, 0.4) is 0 Å². The molecule has 1 aliphatic rings. The molecule has 25 heavy (non-hydrogen) atoms. The largest absolute Gasteiger partial charge is 0.497 e. The van der Waals surface area contributed by atoms with Gasteiger partial charge in [0.15, 0.2) is 0 Å². The Labute approximate surface area is 148 Å². The summed E-state index contributed by atoms with van der Waals surface area (Å²) in [6, 6.07) is 7.73. The van der Waals surface area contributed by atoms with E-state index in [1.807, 2.05) is 24.3 Å². The van der Waals surface area contributed by atoms with E-state index < -0.39 is 0 Å². The summed E-state index contributed by atoms with van der Waals surface area (Å²) in [4.78, 5) is 25.4. The molecule has 138 valence electrons. The maximum Gasteiger partial charge on any atom is 0.409 e. The molecular weight excluding hydrogens is 322 g/mol. The van der Waals surface area contributed by atoms with Crippen molar-refractivity contribution in [2.24, 2.45) is 0 Å². The number of carbonyl (C=O) groups is 2. The van der Waals surface area contributed by atoms with Gasteiger partial charge in [-0.1, -0.05) is 6.07 Å². The van der Waals surface area contributed by atoms with Gasteiger partial charge in [-0.05, 0) is 31.9 Å². The Morgan fingerprint density at radius 3 is 2.72 bits per heavy atom. The molecule has 2 rings (SSSR count). The molecule has 1 fully saturated rings. The summed E-state index contributed by atoms with van der Waals surface area (Å²) >= 11 is 0. The van der Waals surface area contributed by atoms with Crippen molar-refractivity contribution < 1.29 is 19.1 Å². The van der Waals surface area contributed by atoms with E-state index in [0.717, 1.165) is 24.3 Å². The van der Waals surface area contributed by atoms with Crippen LogP contribution in [0.5, 0.6) is 5.75 Å². The number of nitrogens with one attached hydrogen (secondary N) is 2. The quantitative estimate of drug-likeness (QED) is 0.789. The van der Waals surface area contributed by atoms with Crippen molar-refractivity contribution in [3.8, 4) is 5.75 Å². The fourth-order valence-corrected chi connectivity index (χ4v) is 2.77. The van der Waals surface area contributed by atoms with Gasteiger partial charge in [0, 0.05) is 43.9 Å². The van der Waals surface area contributed by atoms with Crippen molar-refractivity contribution in [1.29, 1.82) is 0 Å². The number of hydrogen-bond donors (Lipinski definition) is 2. The fourth-order valence-electron chi connectivity index (χ4n) is 2.77. The molecule has 7 nitrogen and oxygen atoms in total. The molecule has 0 bridgehead atoms. The SMILES string of the molecule is CCOC(=O)N1CCC(NC(=O)CCNc2cccc(OC)c2)CC1. The van der Waals surface area contributed by atoms with Crippen LogP contribution < -0.4 is 15.4 Å². The van der Waals surface area contributed by atoms with E-state index in [4.69, 9.17) is 9.47 Å². The second kappa shape index (κ2) is 9.76. The normalized spacial score (nSPS) is 14.7. The number of amides is 2. The molecule has 0 aliphatic carbocycles. The van der Waals surface area contributed by atoms with Crippen molar-refractivity contribution in [3.05, 3.63) is 24.3 Å². The Morgan fingerprint density at radius 1 is 1.28 bits per heavy atom. The van der Waals surface area contributed by atoms with Crippen molar-refractivity contribution in [2.45, 2.75) is 32.2 Å². The molecule has 1 heterocycles. The van der Waals surface area contributed by atoms with E-state index in [1.54, 1.807) is 18.9 Å². The molecule has 0 saturated carbocycles. The molecule has 1 saturated heterocycles. The number of anilines is 1. The van der Waals surface area contributed by atoms with E-state index in [2.05, 4.69) is 10.6 Å². The van der Waals surface area contributed by atoms with E-state index >= 15 is 0 Å². The van der Waals surface area contributed by atoms with Gasteiger partial charge in [0.1, 0.15) is 5.75 Å². The monoisotopic (exact) mass is 349 g/mol. The van der Waals surface area contributed by atoms with Crippen LogP contribution >= 0.6 is 0 Å². The minimum Gasteiger partial charge on any atom is -0.497 e. The first kappa shape index (κ1) is 18.9. The van der Waals surface area contributed by atoms with Crippen LogP contribution in [0.4, 0.5) is 10.5 Å². The zero-order chi connectivity index (χ0) is 18.1. The van der Waals surface area contributed by atoms with Gasteiger partial charge in [-0.3, -0.25) is 4.79 Å². The minimum absolute atomic E-state index is 0.0185. The summed E-state index contributed by atoms with van der Waals surface area (Å²) < 4.78 is 10.2. The molecule has 0 aromatic heterocycles.